The van der Waals surface area contributed by atoms with Gasteiger partial charge >= 0.3 is 0 Å². The predicted octanol–water partition coefficient (Wildman–Crippen LogP) is 5.11. The average Bonchev–Trinajstić information content (AvgIpc) is 3.35. The van der Waals surface area contributed by atoms with Gasteiger partial charge in [0, 0.05) is 16.0 Å². The lowest BCUT2D eigenvalue weighted by molar-refractivity contribution is 0.518. The highest BCUT2D eigenvalue weighted by Gasteiger charge is 2.16. The smallest absolute Gasteiger partial charge is 0.186 e. The van der Waals surface area contributed by atoms with E-state index >= 15 is 0 Å². The number of hydrogen-bond donors (Lipinski definition) is 1. The topological polar surface area (TPSA) is 68.2 Å². The number of benzene rings is 2. The summed E-state index contributed by atoms with van der Waals surface area (Å²) in [6, 6.07) is 17.6. The van der Waals surface area contributed by atoms with E-state index in [4.69, 9.17) is 21.0 Å². The first-order valence-electron chi connectivity index (χ1n) is 8.87. The number of rotatable bonds is 4. The minimum Gasteiger partial charge on any atom is -0.467 e. The number of anilines is 1. The number of fused-ring (bicyclic) bond motifs is 3. The predicted molar refractivity (Wildman–Crippen MR) is 110 cm³/mol. The number of nitrogens with zero attached hydrogens (tertiary/aromatic N) is 4. The summed E-state index contributed by atoms with van der Waals surface area (Å²) in [5, 5.41) is 13.6. The molecule has 5 aromatic rings. The van der Waals surface area contributed by atoms with Gasteiger partial charge in [0.05, 0.1) is 18.3 Å². The molecule has 0 amide bonds. The van der Waals surface area contributed by atoms with Gasteiger partial charge in [0.2, 0.25) is 0 Å². The molecular weight excluding hydrogens is 374 g/mol. The second-order valence-corrected chi connectivity index (χ2v) is 7.03. The van der Waals surface area contributed by atoms with Gasteiger partial charge in [-0.05, 0) is 43.3 Å². The van der Waals surface area contributed by atoms with Crippen LogP contribution < -0.4 is 5.32 Å². The first-order valence-corrected chi connectivity index (χ1v) is 9.25. The lowest BCUT2D eigenvalue weighted by Crippen LogP contribution is -2.04. The molecule has 0 radical (unpaired) electrons. The quantitative estimate of drug-likeness (QED) is 0.462. The van der Waals surface area contributed by atoms with E-state index in [1.54, 1.807) is 10.8 Å². The van der Waals surface area contributed by atoms with Crippen molar-refractivity contribution in [1.82, 2.24) is 19.8 Å². The van der Waals surface area contributed by atoms with Crippen molar-refractivity contribution in [3.63, 3.8) is 0 Å². The number of aryl methyl sites for hydroxylation is 1. The molecule has 0 saturated heterocycles. The van der Waals surface area contributed by atoms with E-state index in [-0.39, 0.29) is 0 Å². The lowest BCUT2D eigenvalue weighted by Gasteiger charge is -2.10. The van der Waals surface area contributed by atoms with Crippen LogP contribution in [-0.2, 0) is 6.54 Å². The van der Waals surface area contributed by atoms with Crippen molar-refractivity contribution in [2.75, 3.05) is 5.32 Å². The van der Waals surface area contributed by atoms with Crippen molar-refractivity contribution in [3.05, 3.63) is 77.2 Å². The van der Waals surface area contributed by atoms with Crippen molar-refractivity contribution in [1.29, 1.82) is 0 Å². The maximum Gasteiger partial charge on any atom is 0.186 e. The molecule has 138 valence electrons. The molecule has 0 aliphatic rings. The van der Waals surface area contributed by atoms with Gasteiger partial charge in [-0.15, -0.1) is 5.10 Å². The molecule has 0 bridgehead atoms. The van der Waals surface area contributed by atoms with Gasteiger partial charge in [0.1, 0.15) is 17.3 Å². The number of hydrogen-bond acceptors (Lipinski definition) is 5. The van der Waals surface area contributed by atoms with E-state index < -0.39 is 0 Å². The Labute approximate surface area is 165 Å². The van der Waals surface area contributed by atoms with Crippen LogP contribution in [0, 0.1) is 6.92 Å². The third-order valence-corrected chi connectivity index (χ3v) is 4.84. The maximum atomic E-state index is 6.24. The summed E-state index contributed by atoms with van der Waals surface area (Å²) in [4.78, 5) is 4.84. The highest BCUT2D eigenvalue weighted by Crippen LogP contribution is 2.30. The average molecular weight is 390 g/mol. The third-order valence-electron chi connectivity index (χ3n) is 4.61. The third kappa shape index (κ3) is 2.88. The highest BCUT2D eigenvalue weighted by atomic mass is 35.5. The summed E-state index contributed by atoms with van der Waals surface area (Å²) >= 11 is 6.24. The molecule has 7 heteroatoms. The Morgan fingerprint density at radius 2 is 2.04 bits per heavy atom. The number of nitrogens with one attached hydrogen (secondary N) is 1. The molecule has 1 N–H and O–H groups in total. The summed E-state index contributed by atoms with van der Waals surface area (Å²) in [5.74, 6) is 1.53. The minimum atomic E-state index is 0.513. The molecule has 2 aromatic carbocycles. The first kappa shape index (κ1) is 16.8. The van der Waals surface area contributed by atoms with E-state index in [2.05, 4.69) is 34.7 Å². The zero-order valence-corrected chi connectivity index (χ0v) is 15.8. The van der Waals surface area contributed by atoms with Crippen LogP contribution in [0.2, 0.25) is 5.02 Å². The fourth-order valence-electron chi connectivity index (χ4n) is 3.29. The van der Waals surface area contributed by atoms with Crippen LogP contribution >= 0.6 is 11.6 Å². The summed E-state index contributed by atoms with van der Waals surface area (Å²) in [6.07, 6.45) is 1.65. The molecule has 3 aromatic heterocycles. The van der Waals surface area contributed by atoms with Crippen LogP contribution in [0.5, 0.6) is 0 Å². The van der Waals surface area contributed by atoms with Crippen LogP contribution in [-0.4, -0.2) is 19.8 Å². The van der Waals surface area contributed by atoms with Crippen LogP contribution in [0.25, 0.3) is 27.8 Å². The van der Waals surface area contributed by atoms with Crippen LogP contribution in [0.4, 0.5) is 5.82 Å². The lowest BCUT2D eigenvalue weighted by atomic mass is 10.1. The Bertz CT molecular complexity index is 1290. The largest absolute Gasteiger partial charge is 0.467 e. The van der Waals surface area contributed by atoms with E-state index in [0.717, 1.165) is 33.5 Å². The van der Waals surface area contributed by atoms with Gasteiger partial charge in [-0.2, -0.15) is 4.52 Å². The first-order chi connectivity index (χ1) is 13.7. The van der Waals surface area contributed by atoms with E-state index in [1.165, 1.54) is 0 Å². The van der Waals surface area contributed by atoms with E-state index in [9.17, 15) is 0 Å². The van der Waals surface area contributed by atoms with E-state index in [1.807, 2.05) is 42.5 Å². The molecule has 6 nitrogen and oxygen atoms in total. The molecule has 0 unspecified atom stereocenters. The molecule has 0 aliphatic heterocycles. The molecular formula is C21H16ClN5O. The van der Waals surface area contributed by atoms with Gasteiger partial charge in [-0.3, -0.25) is 0 Å². The second kappa shape index (κ2) is 6.65. The van der Waals surface area contributed by atoms with Crippen molar-refractivity contribution in [2.45, 2.75) is 13.5 Å². The monoisotopic (exact) mass is 389 g/mol. The number of furan rings is 1. The fourth-order valence-corrected chi connectivity index (χ4v) is 3.46. The van der Waals surface area contributed by atoms with Crippen molar-refractivity contribution in [2.24, 2.45) is 0 Å². The summed E-state index contributed by atoms with van der Waals surface area (Å²) in [7, 11) is 0. The van der Waals surface area contributed by atoms with Gasteiger partial charge < -0.3 is 9.73 Å². The SMILES string of the molecule is Cc1cccc(-c2nnn3c2nc(NCc2ccco2)c2cc(Cl)ccc23)c1. The normalized spacial score (nSPS) is 11.4. The Hall–Kier alpha value is -3.38. The fraction of sp³-hybridized carbons (Fsp3) is 0.0952. The van der Waals surface area contributed by atoms with Gasteiger partial charge in [0.15, 0.2) is 5.65 Å². The van der Waals surface area contributed by atoms with Crippen LogP contribution in [0.3, 0.4) is 0 Å². The molecule has 0 aliphatic carbocycles. The Kier molecular flexibility index (Phi) is 3.98. The standard InChI is InChI=1S/C21H16ClN5O/c1-13-4-2-5-14(10-13)19-21-24-20(23-12-16-6-3-9-28-16)17-11-15(22)7-8-18(17)27(21)26-25-19/h2-11H,12H2,1H3,(H,23,24). The van der Waals surface area contributed by atoms with Crippen molar-refractivity contribution < 1.29 is 4.42 Å². The van der Waals surface area contributed by atoms with Gasteiger partial charge in [-0.1, -0.05) is 40.6 Å². The van der Waals surface area contributed by atoms with Gasteiger partial charge in [-0.25, -0.2) is 4.98 Å². The zero-order chi connectivity index (χ0) is 19.1. The molecule has 0 fully saturated rings. The van der Waals surface area contributed by atoms with E-state index in [0.29, 0.717) is 23.0 Å². The van der Waals surface area contributed by atoms with Gasteiger partial charge in [0.25, 0.3) is 0 Å². The molecule has 0 spiro atoms. The number of halogens is 1. The summed E-state index contributed by atoms with van der Waals surface area (Å²) < 4.78 is 7.17. The van der Waals surface area contributed by atoms with Crippen LogP contribution in [0.1, 0.15) is 11.3 Å². The molecule has 3 heterocycles. The summed E-state index contributed by atoms with van der Waals surface area (Å²) in [6.45, 7) is 2.56. The van der Waals surface area contributed by atoms with Crippen LogP contribution in [0.15, 0.2) is 65.3 Å². The molecule has 5 rings (SSSR count). The Balaban J connectivity index is 1.71. The maximum absolute atomic E-state index is 6.24. The summed E-state index contributed by atoms with van der Waals surface area (Å²) in [5.41, 5.74) is 4.43. The second-order valence-electron chi connectivity index (χ2n) is 6.60. The van der Waals surface area contributed by atoms with Crippen molar-refractivity contribution in [3.8, 4) is 11.3 Å². The number of aromatic nitrogens is 4. The zero-order valence-electron chi connectivity index (χ0n) is 15.1. The molecule has 28 heavy (non-hydrogen) atoms. The van der Waals surface area contributed by atoms with Crippen molar-refractivity contribution >= 4 is 34.0 Å². The molecule has 0 atom stereocenters. The Morgan fingerprint density at radius 3 is 2.86 bits per heavy atom. The highest BCUT2D eigenvalue weighted by molar-refractivity contribution is 6.31. The molecule has 0 saturated carbocycles. The minimum absolute atomic E-state index is 0.513. The Morgan fingerprint density at radius 1 is 1.11 bits per heavy atom.